The summed E-state index contributed by atoms with van der Waals surface area (Å²) in [5.74, 6) is -2.32. The van der Waals surface area contributed by atoms with Gasteiger partial charge in [-0.15, -0.1) is 0 Å². The zero-order valence-electron chi connectivity index (χ0n) is 12.7. The molecule has 0 aliphatic carbocycles. The molecule has 5 heteroatoms. The van der Waals surface area contributed by atoms with E-state index in [1.807, 2.05) is 30.3 Å². The van der Waals surface area contributed by atoms with Gasteiger partial charge in [0.05, 0.1) is 0 Å². The van der Waals surface area contributed by atoms with Crippen LogP contribution in [0.5, 0.6) is 0 Å². The first kappa shape index (κ1) is 16.4. The van der Waals surface area contributed by atoms with Crippen LogP contribution in [0.15, 0.2) is 54.6 Å². The lowest BCUT2D eigenvalue weighted by Gasteiger charge is -2.21. The van der Waals surface area contributed by atoms with Crippen molar-refractivity contribution in [3.8, 4) is 0 Å². The third kappa shape index (κ3) is 4.26. The molecule has 2 aromatic rings. The Labute approximate surface area is 134 Å². The van der Waals surface area contributed by atoms with Crippen molar-refractivity contribution in [3.05, 3.63) is 60.2 Å². The van der Waals surface area contributed by atoms with E-state index < -0.39 is 11.8 Å². The van der Waals surface area contributed by atoms with Crippen molar-refractivity contribution in [3.63, 3.8) is 0 Å². The quantitative estimate of drug-likeness (QED) is 0.832. The monoisotopic (exact) mass is 311 g/mol. The average Bonchev–Trinajstić information content (AvgIpc) is 2.54. The summed E-state index contributed by atoms with van der Waals surface area (Å²) in [5.41, 5.74) is 2.34. The SMILES string of the molecule is CC(=O)N(c1ccccc1)c1ccc(CCC(=O)C(=O)O)cc1. The summed E-state index contributed by atoms with van der Waals surface area (Å²) in [6, 6.07) is 16.5. The molecular formula is C18H17NO4. The normalized spacial score (nSPS) is 10.1. The van der Waals surface area contributed by atoms with Gasteiger partial charge >= 0.3 is 5.97 Å². The molecule has 0 bridgehead atoms. The highest BCUT2D eigenvalue weighted by Crippen LogP contribution is 2.25. The van der Waals surface area contributed by atoms with Crippen LogP contribution in [0.4, 0.5) is 11.4 Å². The van der Waals surface area contributed by atoms with Crippen molar-refractivity contribution in [2.45, 2.75) is 19.8 Å². The number of aryl methyl sites for hydroxylation is 1. The molecule has 1 amide bonds. The standard InChI is InChI=1S/C18H17NO4/c1-13(20)19(15-5-3-2-4-6-15)16-10-7-14(8-11-16)9-12-17(21)18(22)23/h2-8,10-11H,9,12H2,1H3,(H,22,23). The number of carbonyl (C=O) groups is 3. The molecule has 0 fully saturated rings. The number of carbonyl (C=O) groups excluding carboxylic acids is 2. The van der Waals surface area contributed by atoms with E-state index in [4.69, 9.17) is 5.11 Å². The number of ketones is 1. The van der Waals surface area contributed by atoms with Crippen LogP contribution in [0.3, 0.4) is 0 Å². The first-order valence-electron chi connectivity index (χ1n) is 7.20. The molecule has 0 aromatic heterocycles. The summed E-state index contributed by atoms with van der Waals surface area (Å²) < 4.78 is 0. The molecule has 118 valence electrons. The van der Waals surface area contributed by atoms with Gasteiger partial charge in [0.25, 0.3) is 0 Å². The van der Waals surface area contributed by atoms with Crippen LogP contribution in [-0.2, 0) is 20.8 Å². The number of nitrogens with zero attached hydrogens (tertiary/aromatic N) is 1. The Bertz CT molecular complexity index is 708. The number of aliphatic carboxylic acids is 1. The van der Waals surface area contributed by atoms with Crippen LogP contribution in [0, 0.1) is 0 Å². The van der Waals surface area contributed by atoms with E-state index in [0.29, 0.717) is 6.42 Å². The number of para-hydroxylation sites is 1. The Kier molecular flexibility index (Phi) is 5.25. The largest absolute Gasteiger partial charge is 0.476 e. The minimum atomic E-state index is -1.41. The summed E-state index contributed by atoms with van der Waals surface area (Å²) in [6.45, 7) is 1.49. The molecule has 0 saturated carbocycles. The summed E-state index contributed by atoms with van der Waals surface area (Å²) in [7, 11) is 0. The smallest absolute Gasteiger partial charge is 0.372 e. The fourth-order valence-corrected chi connectivity index (χ4v) is 2.27. The van der Waals surface area contributed by atoms with Gasteiger partial charge in [-0.3, -0.25) is 14.5 Å². The number of rotatable bonds is 6. The number of Topliss-reactive ketones (excluding diaryl/α,β-unsaturated/α-hetero) is 1. The summed E-state index contributed by atoms with van der Waals surface area (Å²) >= 11 is 0. The molecule has 2 aromatic carbocycles. The molecule has 1 N–H and O–H groups in total. The minimum Gasteiger partial charge on any atom is -0.476 e. The maximum atomic E-state index is 11.9. The summed E-state index contributed by atoms with van der Waals surface area (Å²) in [5, 5.41) is 8.57. The highest BCUT2D eigenvalue weighted by atomic mass is 16.4. The Balaban J connectivity index is 2.15. The van der Waals surface area contributed by atoms with Crippen molar-refractivity contribution in [2.75, 3.05) is 4.90 Å². The van der Waals surface area contributed by atoms with Gasteiger partial charge in [-0.05, 0) is 36.2 Å². The van der Waals surface area contributed by atoms with Crippen LogP contribution in [0.25, 0.3) is 0 Å². The molecule has 0 aliphatic rings. The summed E-state index contributed by atoms with van der Waals surface area (Å²) in [4.78, 5) is 35.1. The maximum absolute atomic E-state index is 11.9. The first-order valence-corrected chi connectivity index (χ1v) is 7.20. The predicted octanol–water partition coefficient (Wildman–Crippen LogP) is 2.96. The van der Waals surface area contributed by atoms with Crippen molar-refractivity contribution in [1.29, 1.82) is 0 Å². The second kappa shape index (κ2) is 7.35. The van der Waals surface area contributed by atoms with Gasteiger partial charge in [-0.1, -0.05) is 30.3 Å². The first-order chi connectivity index (χ1) is 11.0. The maximum Gasteiger partial charge on any atom is 0.372 e. The van der Waals surface area contributed by atoms with E-state index in [0.717, 1.165) is 16.9 Å². The van der Waals surface area contributed by atoms with Crippen LogP contribution >= 0.6 is 0 Å². The van der Waals surface area contributed by atoms with Crippen LogP contribution in [-0.4, -0.2) is 22.8 Å². The number of hydrogen-bond acceptors (Lipinski definition) is 3. The van der Waals surface area contributed by atoms with Crippen molar-refractivity contribution in [2.24, 2.45) is 0 Å². The highest BCUT2D eigenvalue weighted by molar-refractivity contribution is 6.32. The van der Waals surface area contributed by atoms with Gasteiger partial charge in [0, 0.05) is 24.7 Å². The third-order valence-electron chi connectivity index (χ3n) is 3.40. The van der Waals surface area contributed by atoms with E-state index in [-0.39, 0.29) is 12.3 Å². The molecule has 0 atom stereocenters. The van der Waals surface area contributed by atoms with Crippen LogP contribution < -0.4 is 4.90 Å². The molecule has 0 unspecified atom stereocenters. The number of anilines is 2. The van der Waals surface area contributed by atoms with E-state index >= 15 is 0 Å². The molecular weight excluding hydrogens is 294 g/mol. The Morgan fingerprint density at radius 1 is 0.913 bits per heavy atom. The highest BCUT2D eigenvalue weighted by Gasteiger charge is 2.14. The number of amides is 1. The van der Waals surface area contributed by atoms with Gasteiger partial charge in [0.2, 0.25) is 11.7 Å². The lowest BCUT2D eigenvalue weighted by atomic mass is 10.1. The lowest BCUT2D eigenvalue weighted by Crippen LogP contribution is -2.22. The average molecular weight is 311 g/mol. The van der Waals surface area contributed by atoms with Gasteiger partial charge in [0.1, 0.15) is 0 Å². The molecule has 0 heterocycles. The molecule has 0 aliphatic heterocycles. The van der Waals surface area contributed by atoms with Crippen LogP contribution in [0.1, 0.15) is 18.9 Å². The Morgan fingerprint density at radius 3 is 2.00 bits per heavy atom. The minimum absolute atomic E-state index is 0.0379. The molecule has 0 saturated heterocycles. The Morgan fingerprint density at radius 2 is 1.48 bits per heavy atom. The number of hydrogen-bond donors (Lipinski definition) is 1. The fourth-order valence-electron chi connectivity index (χ4n) is 2.27. The lowest BCUT2D eigenvalue weighted by molar-refractivity contribution is -0.149. The number of carboxylic acids is 1. The molecule has 23 heavy (non-hydrogen) atoms. The molecule has 0 spiro atoms. The van der Waals surface area contributed by atoms with Gasteiger partial charge in [-0.2, -0.15) is 0 Å². The van der Waals surface area contributed by atoms with E-state index in [2.05, 4.69) is 0 Å². The second-order valence-corrected chi connectivity index (χ2v) is 5.08. The van der Waals surface area contributed by atoms with Gasteiger partial charge in [0.15, 0.2) is 0 Å². The fraction of sp³-hybridized carbons (Fsp3) is 0.167. The zero-order valence-corrected chi connectivity index (χ0v) is 12.7. The zero-order chi connectivity index (χ0) is 16.8. The van der Waals surface area contributed by atoms with Gasteiger partial charge < -0.3 is 5.11 Å². The van der Waals surface area contributed by atoms with E-state index in [1.54, 1.807) is 29.2 Å². The van der Waals surface area contributed by atoms with Crippen molar-refractivity contribution >= 4 is 29.0 Å². The molecule has 2 rings (SSSR count). The molecule has 5 nitrogen and oxygen atoms in total. The van der Waals surface area contributed by atoms with E-state index in [9.17, 15) is 14.4 Å². The van der Waals surface area contributed by atoms with Crippen molar-refractivity contribution < 1.29 is 19.5 Å². The third-order valence-corrected chi connectivity index (χ3v) is 3.40. The predicted molar refractivity (Wildman–Crippen MR) is 86.7 cm³/mol. The van der Waals surface area contributed by atoms with Crippen LogP contribution in [0.2, 0.25) is 0 Å². The Hall–Kier alpha value is -2.95. The summed E-state index contributed by atoms with van der Waals surface area (Å²) in [6.07, 6.45) is 0.320. The topological polar surface area (TPSA) is 74.7 Å². The molecule has 0 radical (unpaired) electrons. The van der Waals surface area contributed by atoms with E-state index in [1.165, 1.54) is 6.92 Å². The van der Waals surface area contributed by atoms with Gasteiger partial charge in [-0.25, -0.2) is 4.79 Å². The second-order valence-electron chi connectivity index (χ2n) is 5.08. The van der Waals surface area contributed by atoms with Crippen molar-refractivity contribution in [1.82, 2.24) is 0 Å². The number of carboxylic acid groups (broad SMARTS) is 1. The number of benzene rings is 2.